The largest absolute Gasteiger partial charge is 0.496 e. The number of amides is 2. The zero-order valence-corrected chi connectivity index (χ0v) is 15.1. The third-order valence-corrected chi connectivity index (χ3v) is 4.55. The summed E-state index contributed by atoms with van der Waals surface area (Å²) in [5, 5.41) is 2.86. The molecule has 1 heterocycles. The van der Waals surface area contributed by atoms with Crippen LogP contribution in [0.15, 0.2) is 18.2 Å². The highest BCUT2D eigenvalue weighted by Crippen LogP contribution is 2.37. The second kappa shape index (κ2) is 9.33. The first-order valence-electron chi connectivity index (χ1n) is 8.37. The highest BCUT2D eigenvalue weighted by molar-refractivity contribution is 6.27. The molecule has 25 heavy (non-hydrogen) atoms. The Morgan fingerprint density at radius 3 is 2.96 bits per heavy atom. The second-order valence-corrected chi connectivity index (χ2v) is 6.17. The van der Waals surface area contributed by atoms with Crippen LogP contribution in [-0.4, -0.2) is 42.8 Å². The third-order valence-electron chi connectivity index (χ3n) is 4.32. The average Bonchev–Trinajstić information content (AvgIpc) is 3.13. The molecule has 1 aliphatic rings. The lowest BCUT2D eigenvalue weighted by Crippen LogP contribution is -2.32. The number of halogens is 1. The summed E-state index contributed by atoms with van der Waals surface area (Å²) < 4.78 is 5.44. The molecule has 1 fully saturated rings. The van der Waals surface area contributed by atoms with Gasteiger partial charge in [-0.3, -0.25) is 9.59 Å². The number of hydrogen-bond acceptors (Lipinski definition) is 3. The minimum Gasteiger partial charge on any atom is -0.496 e. The lowest BCUT2D eigenvalue weighted by atomic mass is 10.00. The molecule has 6 heteroatoms. The summed E-state index contributed by atoms with van der Waals surface area (Å²) in [5.41, 5.74) is 1.39. The molecule has 0 radical (unpaired) electrons. The van der Waals surface area contributed by atoms with E-state index in [9.17, 15) is 9.59 Å². The monoisotopic (exact) mass is 362 g/mol. The highest BCUT2D eigenvalue weighted by atomic mass is 35.5. The van der Waals surface area contributed by atoms with Crippen molar-refractivity contribution in [3.63, 3.8) is 0 Å². The lowest BCUT2D eigenvalue weighted by Gasteiger charge is -2.26. The number of hydrogen-bond donors (Lipinski definition) is 1. The molecular formula is C19H23ClN2O3. The Bertz CT molecular complexity index is 669. The van der Waals surface area contributed by atoms with Gasteiger partial charge in [-0.05, 0) is 37.5 Å². The SMILES string of the molecule is C#CCCCNC(=O)c1ccc(OC)c(C2CCCN2C(=O)CCl)c1. The van der Waals surface area contributed by atoms with Crippen molar-refractivity contribution in [1.29, 1.82) is 0 Å². The van der Waals surface area contributed by atoms with Crippen LogP contribution >= 0.6 is 11.6 Å². The lowest BCUT2D eigenvalue weighted by molar-refractivity contribution is -0.129. The van der Waals surface area contributed by atoms with E-state index in [0.717, 1.165) is 24.8 Å². The van der Waals surface area contributed by atoms with Gasteiger partial charge in [0.2, 0.25) is 5.91 Å². The van der Waals surface area contributed by atoms with Crippen LogP contribution in [0, 0.1) is 12.3 Å². The molecule has 1 unspecified atom stereocenters. The van der Waals surface area contributed by atoms with Crippen LogP contribution in [0.2, 0.25) is 0 Å². The van der Waals surface area contributed by atoms with Gasteiger partial charge in [0.25, 0.3) is 5.91 Å². The molecule has 0 bridgehead atoms. The van der Waals surface area contributed by atoms with E-state index < -0.39 is 0 Å². The smallest absolute Gasteiger partial charge is 0.251 e. The molecule has 0 spiro atoms. The van der Waals surface area contributed by atoms with Gasteiger partial charge in [0.1, 0.15) is 11.6 Å². The van der Waals surface area contributed by atoms with Crippen LogP contribution < -0.4 is 10.1 Å². The molecule has 1 aliphatic heterocycles. The number of benzene rings is 1. The number of nitrogens with zero attached hydrogens (tertiary/aromatic N) is 1. The Morgan fingerprint density at radius 1 is 1.48 bits per heavy atom. The van der Waals surface area contributed by atoms with E-state index in [1.165, 1.54) is 0 Å². The summed E-state index contributed by atoms with van der Waals surface area (Å²) in [6.45, 7) is 1.20. The number of rotatable bonds is 7. The number of carbonyl (C=O) groups excluding carboxylic acids is 2. The molecule has 0 aromatic heterocycles. The van der Waals surface area contributed by atoms with E-state index in [1.807, 2.05) is 0 Å². The summed E-state index contributed by atoms with van der Waals surface area (Å²) in [6.07, 6.45) is 8.31. The Labute approximate surface area is 153 Å². The van der Waals surface area contributed by atoms with Gasteiger partial charge in [-0.15, -0.1) is 23.9 Å². The molecule has 5 nitrogen and oxygen atoms in total. The van der Waals surface area contributed by atoms with Crippen molar-refractivity contribution in [3.05, 3.63) is 29.3 Å². The summed E-state index contributed by atoms with van der Waals surface area (Å²) in [7, 11) is 1.58. The zero-order valence-electron chi connectivity index (χ0n) is 14.4. The number of terminal acetylenes is 1. The predicted octanol–water partition coefficient (Wildman–Crippen LogP) is 2.74. The molecule has 1 N–H and O–H groups in total. The maximum atomic E-state index is 12.3. The molecule has 1 aromatic rings. The molecule has 134 valence electrons. The van der Waals surface area contributed by atoms with Gasteiger partial charge in [0, 0.05) is 30.6 Å². The van der Waals surface area contributed by atoms with Crippen molar-refractivity contribution in [2.24, 2.45) is 0 Å². The molecule has 1 saturated heterocycles. The van der Waals surface area contributed by atoms with Gasteiger partial charge in [-0.2, -0.15) is 0 Å². The van der Waals surface area contributed by atoms with Crippen molar-refractivity contribution in [1.82, 2.24) is 10.2 Å². The fraction of sp³-hybridized carbons (Fsp3) is 0.474. The van der Waals surface area contributed by atoms with Crippen molar-refractivity contribution in [3.8, 4) is 18.1 Å². The van der Waals surface area contributed by atoms with Crippen LogP contribution in [-0.2, 0) is 4.79 Å². The number of nitrogens with one attached hydrogen (secondary N) is 1. The Hall–Kier alpha value is -2.19. The molecule has 2 amide bonds. The first kappa shape index (κ1) is 19.1. The van der Waals surface area contributed by atoms with Crippen LogP contribution in [0.4, 0.5) is 0 Å². The van der Waals surface area contributed by atoms with E-state index in [1.54, 1.807) is 30.2 Å². The van der Waals surface area contributed by atoms with E-state index in [4.69, 9.17) is 22.8 Å². The average molecular weight is 363 g/mol. The predicted molar refractivity (Wildman–Crippen MR) is 97.8 cm³/mol. The first-order valence-corrected chi connectivity index (χ1v) is 8.90. The number of alkyl halides is 1. The van der Waals surface area contributed by atoms with Gasteiger partial charge in [-0.1, -0.05) is 0 Å². The Balaban J connectivity index is 2.21. The fourth-order valence-electron chi connectivity index (χ4n) is 3.10. The number of ether oxygens (including phenoxy) is 1. The van der Waals surface area contributed by atoms with Gasteiger partial charge in [0.05, 0.1) is 13.2 Å². The standard InChI is InChI=1S/C19H23ClN2O3/c1-3-4-5-10-21-19(24)14-8-9-17(25-2)15(12-14)16-7-6-11-22(16)18(23)13-20/h1,8-9,12,16H,4-7,10-11,13H2,2H3,(H,21,24). The summed E-state index contributed by atoms with van der Waals surface area (Å²) in [5.74, 6) is 2.91. The molecule has 2 rings (SSSR count). The minimum atomic E-state index is -0.158. The minimum absolute atomic E-state index is 0.0474. The van der Waals surface area contributed by atoms with Crippen molar-refractivity contribution >= 4 is 23.4 Å². The van der Waals surface area contributed by atoms with E-state index >= 15 is 0 Å². The van der Waals surface area contributed by atoms with Crippen LogP contribution in [0.1, 0.15) is 47.6 Å². The number of carbonyl (C=O) groups is 2. The first-order chi connectivity index (χ1) is 12.1. The molecule has 0 saturated carbocycles. The molecule has 1 aromatic carbocycles. The van der Waals surface area contributed by atoms with Crippen molar-refractivity contribution in [2.45, 2.75) is 31.7 Å². The second-order valence-electron chi connectivity index (χ2n) is 5.90. The van der Waals surface area contributed by atoms with Gasteiger partial charge in [-0.25, -0.2) is 0 Å². The normalized spacial score (nSPS) is 16.4. The van der Waals surface area contributed by atoms with Crippen LogP contribution in [0.3, 0.4) is 0 Å². The summed E-state index contributed by atoms with van der Waals surface area (Å²) in [4.78, 5) is 26.2. The Morgan fingerprint density at radius 2 is 2.28 bits per heavy atom. The number of methoxy groups -OCH3 is 1. The maximum absolute atomic E-state index is 12.3. The maximum Gasteiger partial charge on any atom is 0.251 e. The molecule has 0 aliphatic carbocycles. The van der Waals surface area contributed by atoms with Gasteiger partial charge >= 0.3 is 0 Å². The fourth-order valence-corrected chi connectivity index (χ4v) is 3.25. The zero-order chi connectivity index (χ0) is 18.2. The third kappa shape index (κ3) is 4.67. The van der Waals surface area contributed by atoms with Gasteiger partial charge < -0.3 is 15.0 Å². The summed E-state index contributed by atoms with van der Waals surface area (Å²) >= 11 is 5.72. The summed E-state index contributed by atoms with van der Waals surface area (Å²) in [6, 6.07) is 5.18. The van der Waals surface area contributed by atoms with Crippen LogP contribution in [0.25, 0.3) is 0 Å². The Kier molecular flexibility index (Phi) is 7.15. The molecule has 1 atom stereocenters. The topological polar surface area (TPSA) is 58.6 Å². The van der Waals surface area contributed by atoms with E-state index in [0.29, 0.717) is 30.8 Å². The van der Waals surface area contributed by atoms with E-state index in [2.05, 4.69) is 11.2 Å². The van der Waals surface area contributed by atoms with Crippen molar-refractivity contribution < 1.29 is 14.3 Å². The van der Waals surface area contributed by atoms with Crippen molar-refractivity contribution in [2.75, 3.05) is 26.1 Å². The quantitative estimate of drug-likeness (QED) is 0.461. The van der Waals surface area contributed by atoms with Crippen LogP contribution in [0.5, 0.6) is 5.75 Å². The highest BCUT2D eigenvalue weighted by Gasteiger charge is 2.31. The number of unbranched alkanes of at least 4 members (excludes halogenated alkanes) is 1. The van der Waals surface area contributed by atoms with Gasteiger partial charge in [0.15, 0.2) is 0 Å². The van der Waals surface area contributed by atoms with E-state index in [-0.39, 0.29) is 23.7 Å². The molecular weight excluding hydrogens is 340 g/mol. The number of likely N-dealkylation sites (tertiary alicyclic amines) is 1.